The molecule has 0 saturated heterocycles. The SMILES string of the molecule is OC(CSc1nnc(Cc2cccs2)n1-c1ccccc1)c1c(F)cccc1F. The van der Waals surface area contributed by atoms with Crippen molar-refractivity contribution in [1.82, 2.24) is 14.8 Å². The number of aliphatic hydroxyl groups is 1. The van der Waals surface area contributed by atoms with Crippen LogP contribution in [0, 0.1) is 11.6 Å². The number of aliphatic hydroxyl groups excluding tert-OH is 1. The van der Waals surface area contributed by atoms with Crippen molar-refractivity contribution in [2.24, 2.45) is 0 Å². The Morgan fingerprint density at radius 2 is 1.72 bits per heavy atom. The minimum atomic E-state index is -1.30. The number of hydrogen-bond acceptors (Lipinski definition) is 5. The highest BCUT2D eigenvalue weighted by molar-refractivity contribution is 7.99. The van der Waals surface area contributed by atoms with Gasteiger partial charge in [-0.05, 0) is 35.7 Å². The summed E-state index contributed by atoms with van der Waals surface area (Å²) in [6.45, 7) is 0. The number of benzene rings is 2. The van der Waals surface area contributed by atoms with Crippen LogP contribution in [0.4, 0.5) is 8.78 Å². The molecule has 1 atom stereocenters. The fourth-order valence-corrected chi connectivity index (χ4v) is 4.59. The van der Waals surface area contributed by atoms with Crippen LogP contribution in [0.3, 0.4) is 0 Å². The number of rotatable bonds is 7. The minimum absolute atomic E-state index is 0.0435. The molecule has 148 valence electrons. The van der Waals surface area contributed by atoms with E-state index >= 15 is 0 Å². The normalized spacial score (nSPS) is 12.2. The molecule has 4 aromatic rings. The maximum atomic E-state index is 13.9. The summed E-state index contributed by atoms with van der Waals surface area (Å²) in [5.41, 5.74) is 0.558. The predicted molar refractivity (Wildman–Crippen MR) is 111 cm³/mol. The van der Waals surface area contributed by atoms with Crippen LogP contribution >= 0.6 is 23.1 Å². The fourth-order valence-electron chi connectivity index (χ4n) is 2.98. The molecule has 2 heterocycles. The monoisotopic (exact) mass is 429 g/mol. The largest absolute Gasteiger partial charge is 0.387 e. The molecule has 0 bridgehead atoms. The van der Waals surface area contributed by atoms with Crippen molar-refractivity contribution in [1.29, 1.82) is 0 Å². The smallest absolute Gasteiger partial charge is 0.195 e. The summed E-state index contributed by atoms with van der Waals surface area (Å²) in [6, 6.07) is 17.2. The molecule has 0 spiro atoms. The summed E-state index contributed by atoms with van der Waals surface area (Å²) in [7, 11) is 0. The van der Waals surface area contributed by atoms with Gasteiger partial charge in [0.15, 0.2) is 5.16 Å². The third-order valence-corrected chi connectivity index (χ3v) is 6.21. The third-order valence-electron chi connectivity index (χ3n) is 4.33. The molecule has 4 rings (SSSR count). The standard InChI is InChI=1S/C21H17F2N3OS2/c22-16-9-4-10-17(23)20(16)18(27)13-29-21-25-24-19(12-15-8-5-11-28-15)26(21)14-6-2-1-3-7-14/h1-11,18,27H,12-13H2. The number of nitrogens with zero attached hydrogens (tertiary/aromatic N) is 3. The van der Waals surface area contributed by atoms with Gasteiger partial charge >= 0.3 is 0 Å². The quantitative estimate of drug-likeness (QED) is 0.419. The van der Waals surface area contributed by atoms with Gasteiger partial charge in [0.1, 0.15) is 17.5 Å². The van der Waals surface area contributed by atoms with Gasteiger partial charge in [-0.15, -0.1) is 21.5 Å². The van der Waals surface area contributed by atoms with Crippen LogP contribution in [0.15, 0.2) is 71.2 Å². The molecule has 4 nitrogen and oxygen atoms in total. The van der Waals surface area contributed by atoms with Gasteiger partial charge in [-0.3, -0.25) is 4.57 Å². The fraction of sp³-hybridized carbons (Fsp3) is 0.143. The molecule has 1 unspecified atom stereocenters. The van der Waals surface area contributed by atoms with Gasteiger partial charge in [-0.25, -0.2) is 8.78 Å². The number of para-hydroxylation sites is 1. The second kappa shape index (κ2) is 8.86. The highest BCUT2D eigenvalue weighted by Crippen LogP contribution is 2.29. The third kappa shape index (κ3) is 4.39. The Morgan fingerprint density at radius 1 is 0.966 bits per heavy atom. The van der Waals surface area contributed by atoms with Crippen molar-refractivity contribution in [2.45, 2.75) is 17.7 Å². The van der Waals surface area contributed by atoms with E-state index in [1.165, 1.54) is 17.8 Å². The van der Waals surface area contributed by atoms with Crippen LogP contribution in [0.2, 0.25) is 0 Å². The zero-order valence-corrected chi connectivity index (χ0v) is 16.8. The zero-order chi connectivity index (χ0) is 20.2. The van der Waals surface area contributed by atoms with Crippen LogP contribution in [0.25, 0.3) is 5.69 Å². The summed E-state index contributed by atoms with van der Waals surface area (Å²) in [6.07, 6.45) is -0.687. The highest BCUT2D eigenvalue weighted by Gasteiger charge is 2.21. The lowest BCUT2D eigenvalue weighted by atomic mass is 10.1. The molecular formula is C21H17F2N3OS2. The molecule has 2 aromatic carbocycles. The van der Waals surface area contributed by atoms with Crippen molar-refractivity contribution >= 4 is 23.1 Å². The van der Waals surface area contributed by atoms with Gasteiger partial charge < -0.3 is 5.11 Å². The van der Waals surface area contributed by atoms with Gasteiger partial charge in [0, 0.05) is 22.7 Å². The lowest BCUT2D eigenvalue weighted by molar-refractivity contribution is 0.193. The summed E-state index contributed by atoms with van der Waals surface area (Å²) in [4.78, 5) is 1.15. The van der Waals surface area contributed by atoms with Gasteiger partial charge in [0.25, 0.3) is 0 Å². The highest BCUT2D eigenvalue weighted by atomic mass is 32.2. The first-order valence-electron chi connectivity index (χ1n) is 8.90. The van der Waals surface area contributed by atoms with Gasteiger partial charge in [-0.2, -0.15) is 0 Å². The van der Waals surface area contributed by atoms with Crippen molar-refractivity contribution in [3.8, 4) is 5.69 Å². The van der Waals surface area contributed by atoms with Crippen LogP contribution < -0.4 is 0 Å². The topological polar surface area (TPSA) is 50.9 Å². The molecule has 0 aliphatic heterocycles. The summed E-state index contributed by atoms with van der Waals surface area (Å²) < 4.78 is 29.8. The second-order valence-electron chi connectivity index (χ2n) is 6.29. The average Bonchev–Trinajstić information content (AvgIpc) is 3.37. The van der Waals surface area contributed by atoms with Crippen molar-refractivity contribution in [2.75, 3.05) is 5.75 Å². The Labute approximate surface area is 174 Å². The van der Waals surface area contributed by atoms with E-state index in [1.807, 2.05) is 52.4 Å². The Morgan fingerprint density at radius 3 is 2.41 bits per heavy atom. The molecule has 1 N–H and O–H groups in total. The van der Waals surface area contributed by atoms with Crippen LogP contribution in [0.1, 0.15) is 22.4 Å². The Hall–Kier alpha value is -2.55. The molecular weight excluding hydrogens is 412 g/mol. The first-order chi connectivity index (χ1) is 14.1. The van der Waals surface area contributed by atoms with Gasteiger partial charge in [-0.1, -0.05) is 42.1 Å². The minimum Gasteiger partial charge on any atom is -0.387 e. The molecule has 0 saturated carbocycles. The van der Waals surface area contributed by atoms with Crippen molar-refractivity contribution in [3.05, 3.63) is 93.9 Å². The number of halogens is 2. The van der Waals surface area contributed by atoms with Crippen LogP contribution in [-0.4, -0.2) is 25.6 Å². The van der Waals surface area contributed by atoms with Gasteiger partial charge in [0.2, 0.25) is 0 Å². The average molecular weight is 430 g/mol. The van der Waals surface area contributed by atoms with E-state index in [0.717, 1.165) is 28.5 Å². The molecule has 8 heteroatoms. The number of thioether (sulfide) groups is 1. The molecule has 0 aliphatic rings. The molecule has 0 fully saturated rings. The zero-order valence-electron chi connectivity index (χ0n) is 15.2. The van der Waals surface area contributed by atoms with Crippen molar-refractivity contribution in [3.63, 3.8) is 0 Å². The summed E-state index contributed by atoms with van der Waals surface area (Å²) in [5, 5.41) is 21.5. The van der Waals surface area contributed by atoms with E-state index in [-0.39, 0.29) is 11.3 Å². The number of hydrogen-bond donors (Lipinski definition) is 1. The first-order valence-corrected chi connectivity index (χ1v) is 10.8. The molecule has 0 radical (unpaired) electrons. The Bertz CT molecular complexity index is 1060. The molecule has 0 aliphatic carbocycles. The Kier molecular flexibility index (Phi) is 6.03. The summed E-state index contributed by atoms with van der Waals surface area (Å²) >= 11 is 2.84. The van der Waals surface area contributed by atoms with Gasteiger partial charge in [0.05, 0.1) is 11.7 Å². The predicted octanol–water partition coefficient (Wildman–Crippen LogP) is 5.02. The summed E-state index contributed by atoms with van der Waals surface area (Å²) in [5.74, 6) is -0.725. The van der Waals surface area contributed by atoms with E-state index in [9.17, 15) is 13.9 Å². The van der Waals surface area contributed by atoms with E-state index in [2.05, 4.69) is 10.2 Å². The van der Waals surface area contributed by atoms with Crippen LogP contribution in [-0.2, 0) is 6.42 Å². The molecule has 2 aromatic heterocycles. The molecule has 0 amide bonds. The maximum absolute atomic E-state index is 13.9. The van der Waals surface area contributed by atoms with E-state index < -0.39 is 17.7 Å². The van der Waals surface area contributed by atoms with Crippen LogP contribution in [0.5, 0.6) is 0 Å². The van der Waals surface area contributed by atoms with Crippen molar-refractivity contribution < 1.29 is 13.9 Å². The number of aromatic nitrogens is 3. The lowest BCUT2D eigenvalue weighted by Crippen LogP contribution is -2.08. The van der Waals surface area contributed by atoms with E-state index in [1.54, 1.807) is 11.3 Å². The Balaban J connectivity index is 1.61. The maximum Gasteiger partial charge on any atom is 0.195 e. The lowest BCUT2D eigenvalue weighted by Gasteiger charge is -2.13. The van der Waals surface area contributed by atoms with E-state index in [0.29, 0.717) is 11.6 Å². The molecule has 29 heavy (non-hydrogen) atoms. The number of thiophene rings is 1. The van der Waals surface area contributed by atoms with E-state index in [4.69, 9.17) is 0 Å². The second-order valence-corrected chi connectivity index (χ2v) is 8.31. The first kappa shape index (κ1) is 19.8.